The van der Waals surface area contributed by atoms with Gasteiger partial charge in [-0.15, -0.1) is 0 Å². The van der Waals surface area contributed by atoms with E-state index in [0.717, 1.165) is 31.7 Å². The summed E-state index contributed by atoms with van der Waals surface area (Å²) in [5.41, 5.74) is 0.800. The van der Waals surface area contributed by atoms with E-state index in [1.165, 1.54) is 19.2 Å². The number of piperidine rings is 1. The van der Waals surface area contributed by atoms with Gasteiger partial charge in [-0.1, -0.05) is 6.07 Å². The second-order valence-electron chi connectivity index (χ2n) is 6.85. The lowest BCUT2D eigenvalue weighted by Crippen LogP contribution is -2.42. The first kappa shape index (κ1) is 20.3. The van der Waals surface area contributed by atoms with Gasteiger partial charge in [-0.2, -0.15) is 0 Å². The van der Waals surface area contributed by atoms with Crippen LogP contribution in [0.4, 0.5) is 11.5 Å². The third-order valence-corrected chi connectivity index (χ3v) is 4.91. The van der Waals surface area contributed by atoms with Crippen LogP contribution in [0.3, 0.4) is 0 Å². The minimum Gasteiger partial charge on any atom is -0.465 e. The van der Waals surface area contributed by atoms with Gasteiger partial charge in [0.1, 0.15) is 5.82 Å². The first-order valence-corrected chi connectivity index (χ1v) is 9.50. The van der Waals surface area contributed by atoms with Crippen LogP contribution < -0.4 is 15.5 Å². The molecule has 1 aliphatic heterocycles. The molecule has 0 unspecified atom stereocenters. The monoisotopic (exact) mass is 396 g/mol. The summed E-state index contributed by atoms with van der Waals surface area (Å²) >= 11 is 0. The lowest BCUT2D eigenvalue weighted by molar-refractivity contribution is -0.136. The molecule has 29 heavy (non-hydrogen) atoms. The van der Waals surface area contributed by atoms with Gasteiger partial charge in [0.15, 0.2) is 0 Å². The lowest BCUT2D eigenvalue weighted by atomic mass is 9.97. The van der Waals surface area contributed by atoms with Crippen molar-refractivity contribution in [3.05, 3.63) is 54.2 Å². The largest absolute Gasteiger partial charge is 0.465 e. The Kier molecular flexibility index (Phi) is 6.78. The Balaban J connectivity index is 1.41. The molecule has 0 radical (unpaired) electrons. The number of esters is 1. The molecule has 2 heterocycles. The first-order chi connectivity index (χ1) is 14.1. The van der Waals surface area contributed by atoms with E-state index >= 15 is 0 Å². The van der Waals surface area contributed by atoms with E-state index in [9.17, 15) is 14.4 Å². The van der Waals surface area contributed by atoms with Crippen molar-refractivity contribution in [2.24, 2.45) is 5.92 Å². The smallest absolute Gasteiger partial charge is 0.337 e. The second kappa shape index (κ2) is 9.68. The molecule has 0 aliphatic carbocycles. The average molecular weight is 396 g/mol. The molecule has 0 bridgehead atoms. The highest BCUT2D eigenvalue weighted by atomic mass is 16.5. The van der Waals surface area contributed by atoms with Gasteiger partial charge in [-0.25, -0.2) is 9.78 Å². The van der Waals surface area contributed by atoms with Gasteiger partial charge < -0.3 is 20.3 Å². The summed E-state index contributed by atoms with van der Waals surface area (Å²) in [5, 5.41) is 5.23. The van der Waals surface area contributed by atoms with Crippen LogP contribution in [0.2, 0.25) is 0 Å². The Hall–Kier alpha value is -3.42. The van der Waals surface area contributed by atoms with Crippen LogP contribution in [0, 0.1) is 5.92 Å². The highest BCUT2D eigenvalue weighted by Gasteiger charge is 2.22. The number of nitrogens with one attached hydrogen (secondary N) is 2. The molecule has 152 valence electrons. The molecule has 0 spiro atoms. The normalized spacial score (nSPS) is 14.2. The average Bonchev–Trinajstić information content (AvgIpc) is 2.78. The van der Waals surface area contributed by atoms with Crippen molar-refractivity contribution < 1.29 is 19.1 Å². The number of aromatic nitrogens is 1. The van der Waals surface area contributed by atoms with Crippen LogP contribution in [0.1, 0.15) is 23.2 Å². The summed E-state index contributed by atoms with van der Waals surface area (Å²) in [7, 11) is 1.30. The maximum Gasteiger partial charge on any atom is 0.337 e. The summed E-state index contributed by atoms with van der Waals surface area (Å²) in [5.74, 6) is -0.579. The molecule has 8 nitrogen and oxygen atoms in total. The zero-order valence-electron chi connectivity index (χ0n) is 16.3. The van der Waals surface area contributed by atoms with E-state index in [4.69, 9.17) is 0 Å². The number of hydrogen-bond acceptors (Lipinski definition) is 6. The van der Waals surface area contributed by atoms with Crippen LogP contribution in [0.25, 0.3) is 0 Å². The van der Waals surface area contributed by atoms with Crippen LogP contribution in [0.5, 0.6) is 0 Å². The summed E-state index contributed by atoms with van der Waals surface area (Å²) in [6, 6.07) is 12.0. The molecule has 2 aromatic rings. The third kappa shape index (κ3) is 5.54. The fourth-order valence-corrected chi connectivity index (χ4v) is 3.22. The van der Waals surface area contributed by atoms with Crippen molar-refractivity contribution in [1.29, 1.82) is 0 Å². The number of hydrogen-bond donors (Lipinski definition) is 2. The number of carbonyl (C=O) groups is 3. The number of carbonyl (C=O) groups excluding carboxylic acids is 3. The van der Waals surface area contributed by atoms with Gasteiger partial charge >= 0.3 is 17.8 Å². The van der Waals surface area contributed by atoms with Crippen LogP contribution >= 0.6 is 0 Å². The predicted molar refractivity (Wildman–Crippen MR) is 109 cm³/mol. The molecule has 1 saturated heterocycles. The van der Waals surface area contributed by atoms with Gasteiger partial charge in [-0.05, 0) is 55.2 Å². The number of pyridine rings is 1. The van der Waals surface area contributed by atoms with E-state index in [2.05, 4.69) is 25.3 Å². The molecule has 1 fully saturated rings. The number of nitrogens with zero attached hydrogens (tertiary/aromatic N) is 2. The summed E-state index contributed by atoms with van der Waals surface area (Å²) in [6.07, 6.45) is 3.63. The quantitative estimate of drug-likeness (QED) is 0.591. The van der Waals surface area contributed by atoms with Gasteiger partial charge in [0.25, 0.3) is 0 Å². The summed E-state index contributed by atoms with van der Waals surface area (Å²) in [4.78, 5) is 42.1. The Morgan fingerprint density at radius 3 is 2.41 bits per heavy atom. The van der Waals surface area contributed by atoms with Gasteiger partial charge in [0.05, 0.1) is 12.7 Å². The highest BCUT2D eigenvalue weighted by molar-refractivity contribution is 6.39. The van der Waals surface area contributed by atoms with Crippen molar-refractivity contribution >= 4 is 29.3 Å². The van der Waals surface area contributed by atoms with E-state index < -0.39 is 17.8 Å². The molecule has 8 heteroatoms. The van der Waals surface area contributed by atoms with Crippen LogP contribution in [-0.2, 0) is 14.3 Å². The maximum atomic E-state index is 12.1. The van der Waals surface area contributed by atoms with Gasteiger partial charge in [0.2, 0.25) is 0 Å². The van der Waals surface area contributed by atoms with Crippen LogP contribution in [0.15, 0.2) is 48.7 Å². The van der Waals surface area contributed by atoms with Crippen molar-refractivity contribution in [3.63, 3.8) is 0 Å². The molecular weight excluding hydrogens is 372 g/mol. The maximum absolute atomic E-state index is 12.1. The summed E-state index contributed by atoms with van der Waals surface area (Å²) < 4.78 is 4.62. The SMILES string of the molecule is COC(=O)c1ccc(NC(=O)C(=O)NCC2CCN(c3ccccn3)CC2)cc1. The first-order valence-electron chi connectivity index (χ1n) is 9.50. The summed E-state index contributed by atoms with van der Waals surface area (Å²) in [6.45, 7) is 2.20. The van der Waals surface area contributed by atoms with Crippen molar-refractivity contribution in [2.45, 2.75) is 12.8 Å². The van der Waals surface area contributed by atoms with E-state index in [1.54, 1.807) is 18.3 Å². The number of anilines is 2. The van der Waals surface area contributed by atoms with Crippen molar-refractivity contribution in [2.75, 3.05) is 37.0 Å². The minimum absolute atomic E-state index is 0.325. The molecule has 2 amide bonds. The number of rotatable bonds is 5. The zero-order valence-corrected chi connectivity index (χ0v) is 16.3. The van der Waals surface area contributed by atoms with E-state index in [-0.39, 0.29) is 0 Å². The predicted octanol–water partition coefficient (Wildman–Crippen LogP) is 1.84. The van der Waals surface area contributed by atoms with Crippen LogP contribution in [-0.4, -0.2) is 49.5 Å². The standard InChI is InChI=1S/C21H24N4O4/c1-29-21(28)16-5-7-17(8-6-16)24-20(27)19(26)23-14-15-9-12-25(13-10-15)18-4-2-3-11-22-18/h2-8,11,15H,9-10,12-14H2,1H3,(H,23,26)(H,24,27). The molecule has 3 rings (SSSR count). The van der Waals surface area contributed by atoms with Gasteiger partial charge in [0, 0.05) is 31.5 Å². The molecule has 1 aliphatic rings. The molecule has 1 aromatic carbocycles. The van der Waals surface area contributed by atoms with Crippen molar-refractivity contribution in [3.8, 4) is 0 Å². The zero-order chi connectivity index (χ0) is 20.6. The molecule has 2 N–H and O–H groups in total. The molecule has 1 aromatic heterocycles. The van der Waals surface area contributed by atoms with E-state index in [1.807, 2.05) is 18.2 Å². The lowest BCUT2D eigenvalue weighted by Gasteiger charge is -2.32. The van der Waals surface area contributed by atoms with Gasteiger partial charge in [-0.3, -0.25) is 9.59 Å². The topological polar surface area (TPSA) is 101 Å². The number of ether oxygens (including phenoxy) is 1. The number of amides is 2. The Morgan fingerprint density at radius 2 is 1.79 bits per heavy atom. The van der Waals surface area contributed by atoms with E-state index in [0.29, 0.717) is 23.7 Å². The number of methoxy groups -OCH3 is 1. The Bertz CT molecular complexity index is 847. The Morgan fingerprint density at radius 1 is 1.07 bits per heavy atom. The molecule has 0 atom stereocenters. The third-order valence-electron chi connectivity index (χ3n) is 4.91. The fourth-order valence-electron chi connectivity index (χ4n) is 3.22. The minimum atomic E-state index is -0.735. The number of benzene rings is 1. The second-order valence-corrected chi connectivity index (χ2v) is 6.85. The highest BCUT2D eigenvalue weighted by Crippen LogP contribution is 2.21. The Labute approximate surface area is 169 Å². The fraction of sp³-hybridized carbons (Fsp3) is 0.333. The molecule has 0 saturated carbocycles. The van der Waals surface area contributed by atoms with Crippen molar-refractivity contribution in [1.82, 2.24) is 10.3 Å². The molecular formula is C21H24N4O4.